The Balaban J connectivity index is 2.02. The van der Waals surface area contributed by atoms with Gasteiger partial charge in [-0.2, -0.15) is 0 Å². The fraction of sp³-hybridized carbons (Fsp3) is 0.0455. The quantitative estimate of drug-likeness (QED) is 0.329. The molecule has 3 heteroatoms. The standard InChI is InChI=1S/C22H14Br2O/c23-22(24)18-14-8-7-13-17(18)19(20(22)15-9-3-1-4-10-15)21(25)16-11-5-2-6-12-16/h1-14H. The molecule has 0 spiro atoms. The lowest BCUT2D eigenvalue weighted by Crippen LogP contribution is -2.09. The highest BCUT2D eigenvalue weighted by Crippen LogP contribution is 2.59. The third-order valence-electron chi connectivity index (χ3n) is 4.42. The van der Waals surface area contributed by atoms with Crippen LogP contribution in [0.1, 0.15) is 27.0 Å². The molecule has 0 aliphatic heterocycles. The van der Waals surface area contributed by atoms with Crippen molar-refractivity contribution in [2.24, 2.45) is 0 Å². The highest BCUT2D eigenvalue weighted by molar-refractivity contribution is 9.25. The summed E-state index contributed by atoms with van der Waals surface area (Å²) in [6, 6.07) is 27.5. The number of hydrogen-bond acceptors (Lipinski definition) is 1. The number of halogens is 2. The zero-order valence-corrected chi connectivity index (χ0v) is 16.4. The number of alkyl halides is 2. The minimum Gasteiger partial charge on any atom is -0.289 e. The first-order chi connectivity index (χ1) is 12.1. The second-order valence-corrected chi connectivity index (χ2v) is 9.37. The molecule has 0 amide bonds. The molecule has 25 heavy (non-hydrogen) atoms. The number of carbonyl (C=O) groups excluding carboxylic acids is 1. The van der Waals surface area contributed by atoms with Gasteiger partial charge in [0, 0.05) is 16.7 Å². The van der Waals surface area contributed by atoms with E-state index in [4.69, 9.17) is 0 Å². The Morgan fingerprint density at radius 1 is 0.720 bits per heavy atom. The number of rotatable bonds is 3. The van der Waals surface area contributed by atoms with Crippen LogP contribution in [-0.2, 0) is 3.23 Å². The minimum atomic E-state index is -0.586. The Labute approximate surface area is 163 Å². The molecule has 0 atom stereocenters. The normalized spacial score (nSPS) is 15.1. The summed E-state index contributed by atoms with van der Waals surface area (Å²) >= 11 is 7.66. The molecule has 0 aromatic heterocycles. The van der Waals surface area contributed by atoms with Crippen molar-refractivity contribution in [3.8, 4) is 0 Å². The zero-order valence-electron chi connectivity index (χ0n) is 13.2. The summed E-state index contributed by atoms with van der Waals surface area (Å²) in [5.41, 5.74) is 5.41. The highest BCUT2D eigenvalue weighted by atomic mass is 79.9. The summed E-state index contributed by atoms with van der Waals surface area (Å²) in [6.45, 7) is 0. The van der Waals surface area contributed by atoms with Crippen LogP contribution in [0.3, 0.4) is 0 Å². The lowest BCUT2D eigenvalue weighted by atomic mass is 9.94. The molecule has 3 aromatic rings. The SMILES string of the molecule is O=C(C1=C(c2ccccc2)C(Br)(Br)c2ccccc21)c1ccccc1. The van der Waals surface area contributed by atoms with Crippen molar-refractivity contribution in [3.63, 3.8) is 0 Å². The number of hydrogen-bond donors (Lipinski definition) is 0. The molecule has 0 unspecified atom stereocenters. The van der Waals surface area contributed by atoms with Crippen LogP contribution >= 0.6 is 31.9 Å². The molecule has 4 rings (SSSR count). The van der Waals surface area contributed by atoms with Crippen molar-refractivity contribution >= 4 is 48.8 Å². The summed E-state index contributed by atoms with van der Waals surface area (Å²) in [4.78, 5) is 13.4. The van der Waals surface area contributed by atoms with Crippen LogP contribution in [0.2, 0.25) is 0 Å². The van der Waals surface area contributed by atoms with Crippen molar-refractivity contribution in [1.82, 2.24) is 0 Å². The highest BCUT2D eigenvalue weighted by Gasteiger charge is 2.43. The molecular weight excluding hydrogens is 440 g/mol. The van der Waals surface area contributed by atoms with E-state index in [-0.39, 0.29) is 5.78 Å². The molecule has 0 saturated heterocycles. The number of ketones is 1. The first-order valence-corrected chi connectivity index (χ1v) is 9.57. The van der Waals surface area contributed by atoms with E-state index in [1.807, 2.05) is 84.9 Å². The van der Waals surface area contributed by atoms with Gasteiger partial charge in [0.1, 0.15) is 3.23 Å². The molecule has 0 fully saturated rings. The lowest BCUT2D eigenvalue weighted by Gasteiger charge is -2.21. The van der Waals surface area contributed by atoms with E-state index in [0.29, 0.717) is 5.56 Å². The molecule has 3 aromatic carbocycles. The van der Waals surface area contributed by atoms with E-state index in [9.17, 15) is 4.79 Å². The van der Waals surface area contributed by atoms with Crippen molar-refractivity contribution in [1.29, 1.82) is 0 Å². The molecular formula is C22H14Br2O. The molecule has 0 heterocycles. The van der Waals surface area contributed by atoms with E-state index in [0.717, 1.165) is 27.8 Å². The maximum Gasteiger partial charge on any atom is 0.194 e. The predicted molar refractivity (Wildman–Crippen MR) is 110 cm³/mol. The van der Waals surface area contributed by atoms with Gasteiger partial charge in [0.2, 0.25) is 0 Å². The second kappa shape index (κ2) is 6.40. The minimum absolute atomic E-state index is 0.0349. The molecule has 1 aliphatic carbocycles. The molecule has 0 bridgehead atoms. The Hall–Kier alpha value is -1.97. The number of Topliss-reactive ketones (excluding diaryl/α,β-unsaturated/α-hetero) is 1. The summed E-state index contributed by atoms with van der Waals surface area (Å²) in [5, 5.41) is 0. The van der Waals surface area contributed by atoms with Crippen molar-refractivity contribution in [2.45, 2.75) is 3.23 Å². The Morgan fingerprint density at radius 2 is 1.28 bits per heavy atom. The van der Waals surface area contributed by atoms with Crippen LogP contribution in [0.4, 0.5) is 0 Å². The predicted octanol–water partition coefficient (Wildman–Crippen LogP) is 6.44. The van der Waals surface area contributed by atoms with Crippen LogP contribution in [-0.4, -0.2) is 5.78 Å². The first-order valence-electron chi connectivity index (χ1n) is 7.98. The maximum absolute atomic E-state index is 13.4. The van der Waals surface area contributed by atoms with E-state index in [1.54, 1.807) is 0 Å². The van der Waals surface area contributed by atoms with E-state index in [2.05, 4.69) is 31.9 Å². The molecule has 0 radical (unpaired) electrons. The Morgan fingerprint density at radius 3 is 1.96 bits per heavy atom. The van der Waals surface area contributed by atoms with Crippen molar-refractivity contribution < 1.29 is 4.79 Å². The smallest absolute Gasteiger partial charge is 0.194 e. The fourth-order valence-corrected chi connectivity index (χ4v) is 4.85. The fourth-order valence-electron chi connectivity index (χ4n) is 3.30. The second-order valence-electron chi connectivity index (χ2n) is 5.93. The Bertz CT molecular complexity index is 973. The van der Waals surface area contributed by atoms with Gasteiger partial charge in [-0.3, -0.25) is 4.79 Å². The van der Waals surface area contributed by atoms with Gasteiger partial charge in [0.05, 0.1) is 0 Å². The topological polar surface area (TPSA) is 17.1 Å². The first kappa shape index (κ1) is 16.5. The van der Waals surface area contributed by atoms with Gasteiger partial charge >= 0.3 is 0 Å². The van der Waals surface area contributed by atoms with Gasteiger partial charge in [0.15, 0.2) is 5.78 Å². The van der Waals surface area contributed by atoms with Gasteiger partial charge in [-0.05, 0) is 16.7 Å². The Kier molecular flexibility index (Phi) is 4.22. The van der Waals surface area contributed by atoms with Crippen LogP contribution in [0.25, 0.3) is 11.1 Å². The summed E-state index contributed by atoms with van der Waals surface area (Å²) < 4.78 is -0.586. The van der Waals surface area contributed by atoms with Crippen molar-refractivity contribution in [2.75, 3.05) is 0 Å². The number of benzene rings is 3. The maximum atomic E-state index is 13.4. The average molecular weight is 454 g/mol. The average Bonchev–Trinajstić information content (AvgIpc) is 2.90. The van der Waals surface area contributed by atoms with Gasteiger partial charge < -0.3 is 0 Å². The summed E-state index contributed by atoms with van der Waals surface area (Å²) in [6.07, 6.45) is 0. The van der Waals surface area contributed by atoms with Crippen LogP contribution in [0.5, 0.6) is 0 Å². The number of allylic oxidation sites excluding steroid dienone is 2. The van der Waals surface area contributed by atoms with Crippen LogP contribution in [0, 0.1) is 0 Å². The van der Waals surface area contributed by atoms with Gasteiger partial charge in [-0.15, -0.1) is 0 Å². The van der Waals surface area contributed by atoms with E-state index < -0.39 is 3.23 Å². The molecule has 0 N–H and O–H groups in total. The third-order valence-corrected chi connectivity index (χ3v) is 6.07. The molecule has 1 nitrogen and oxygen atoms in total. The largest absolute Gasteiger partial charge is 0.289 e. The third kappa shape index (κ3) is 2.72. The zero-order chi connectivity index (χ0) is 17.4. The van der Waals surface area contributed by atoms with Gasteiger partial charge in [0.25, 0.3) is 0 Å². The monoisotopic (exact) mass is 452 g/mol. The molecule has 1 aliphatic rings. The van der Waals surface area contributed by atoms with Gasteiger partial charge in [-0.1, -0.05) is 117 Å². The molecule has 122 valence electrons. The van der Waals surface area contributed by atoms with E-state index in [1.165, 1.54) is 0 Å². The number of fused-ring (bicyclic) bond motifs is 1. The molecule has 0 saturated carbocycles. The van der Waals surface area contributed by atoms with Crippen molar-refractivity contribution in [3.05, 3.63) is 107 Å². The van der Waals surface area contributed by atoms with Crippen LogP contribution in [0.15, 0.2) is 84.9 Å². The summed E-state index contributed by atoms with van der Waals surface area (Å²) in [7, 11) is 0. The van der Waals surface area contributed by atoms with E-state index >= 15 is 0 Å². The lowest BCUT2D eigenvalue weighted by molar-refractivity contribution is 0.105. The van der Waals surface area contributed by atoms with Gasteiger partial charge in [-0.25, -0.2) is 0 Å². The summed E-state index contributed by atoms with van der Waals surface area (Å²) in [5.74, 6) is 0.0349. The van der Waals surface area contributed by atoms with Crippen LogP contribution < -0.4 is 0 Å². The number of carbonyl (C=O) groups is 1.